The van der Waals surface area contributed by atoms with Crippen LogP contribution in [0.4, 0.5) is 24.5 Å². The molecule has 1 atom stereocenters. The summed E-state index contributed by atoms with van der Waals surface area (Å²) in [6.07, 6.45) is -2.10. The predicted molar refractivity (Wildman–Crippen MR) is 117 cm³/mol. The van der Waals surface area contributed by atoms with Crippen molar-refractivity contribution in [1.29, 1.82) is 0 Å². The van der Waals surface area contributed by atoms with Crippen LogP contribution in [0, 0.1) is 0 Å². The Kier molecular flexibility index (Phi) is 6.33. The molecule has 0 fully saturated rings. The third kappa shape index (κ3) is 5.02. The van der Waals surface area contributed by atoms with Crippen LogP contribution in [0.2, 0.25) is 0 Å². The molecule has 0 saturated carbocycles. The first-order chi connectivity index (χ1) is 15.3. The summed E-state index contributed by atoms with van der Waals surface area (Å²) in [6.45, 7) is 0. The molecule has 3 aromatic rings. The fourth-order valence-corrected chi connectivity index (χ4v) is 4.42. The van der Waals surface area contributed by atoms with E-state index in [0.29, 0.717) is 10.7 Å². The number of para-hydroxylation sites is 2. The number of thioether (sulfide) groups is 1. The Morgan fingerprint density at radius 3 is 2.81 bits per heavy atom. The van der Waals surface area contributed by atoms with Crippen LogP contribution in [0.5, 0.6) is 0 Å². The largest absolute Gasteiger partial charge is 0.409 e. The molecule has 0 spiro atoms. The summed E-state index contributed by atoms with van der Waals surface area (Å²) in [7, 11) is 0. The van der Waals surface area contributed by atoms with Gasteiger partial charge in [-0.05, 0) is 35.7 Å². The summed E-state index contributed by atoms with van der Waals surface area (Å²) < 4.78 is 41.3. The number of benzene rings is 1. The molecule has 1 aliphatic heterocycles. The minimum atomic E-state index is -4.78. The molecule has 1 aromatic carbocycles. The van der Waals surface area contributed by atoms with Crippen molar-refractivity contribution in [2.24, 2.45) is 0 Å². The number of carbonyl (C=O) groups is 2. The second-order valence-electron chi connectivity index (χ2n) is 6.73. The van der Waals surface area contributed by atoms with Crippen molar-refractivity contribution >= 4 is 58.4 Å². The highest BCUT2D eigenvalue weighted by atomic mass is 32.2. The Hall–Kier alpha value is -3.12. The van der Waals surface area contributed by atoms with Crippen molar-refractivity contribution < 1.29 is 22.8 Å². The van der Waals surface area contributed by atoms with Gasteiger partial charge in [-0.25, -0.2) is 4.98 Å². The minimum Gasteiger partial charge on any atom is -0.324 e. The number of aromatic nitrogens is 3. The van der Waals surface area contributed by atoms with Crippen LogP contribution < -0.4 is 10.2 Å². The van der Waals surface area contributed by atoms with E-state index in [0.717, 1.165) is 16.6 Å². The van der Waals surface area contributed by atoms with Crippen LogP contribution >= 0.6 is 23.1 Å². The number of halogens is 3. The fraction of sp³-hybridized carbons (Fsp3) is 0.200. The monoisotopic (exact) mass is 479 g/mol. The third-order valence-electron chi connectivity index (χ3n) is 4.53. The molecule has 0 radical (unpaired) electrons. The Morgan fingerprint density at radius 1 is 1.25 bits per heavy atom. The predicted octanol–water partition coefficient (Wildman–Crippen LogP) is 4.44. The van der Waals surface area contributed by atoms with Gasteiger partial charge in [-0.2, -0.15) is 13.2 Å². The van der Waals surface area contributed by atoms with Gasteiger partial charge in [0.25, 0.3) is 0 Å². The number of nitrogens with zero attached hydrogens (tertiary/aromatic N) is 3. The van der Waals surface area contributed by atoms with E-state index in [-0.39, 0.29) is 22.3 Å². The van der Waals surface area contributed by atoms with E-state index in [1.54, 1.807) is 23.5 Å². The highest BCUT2D eigenvalue weighted by Gasteiger charge is 2.48. The van der Waals surface area contributed by atoms with Crippen LogP contribution in [0.25, 0.3) is 12.2 Å². The van der Waals surface area contributed by atoms with Crippen LogP contribution in [0.15, 0.2) is 46.9 Å². The quantitative estimate of drug-likeness (QED) is 0.528. The van der Waals surface area contributed by atoms with Crippen LogP contribution in [-0.4, -0.2) is 45.0 Å². The summed E-state index contributed by atoms with van der Waals surface area (Å²) in [4.78, 5) is 30.8. The molecule has 1 unspecified atom stereocenters. The van der Waals surface area contributed by atoms with Gasteiger partial charge in [0.1, 0.15) is 11.9 Å². The Morgan fingerprint density at radius 2 is 2.06 bits per heavy atom. The van der Waals surface area contributed by atoms with Gasteiger partial charge in [-0.3, -0.25) is 19.6 Å². The maximum Gasteiger partial charge on any atom is 0.409 e. The SMILES string of the molecule is O=C1CC(C(F)(F)F)N(C(=O)CSc2n[nH]c(/C=C/c3cccs3)n2)c2ccccc2N1. The van der Waals surface area contributed by atoms with Gasteiger partial charge in [0.2, 0.25) is 17.0 Å². The molecule has 2 amide bonds. The minimum absolute atomic E-state index is 0.000771. The first-order valence-electron chi connectivity index (χ1n) is 9.36. The van der Waals surface area contributed by atoms with Gasteiger partial charge in [-0.1, -0.05) is 30.0 Å². The summed E-state index contributed by atoms with van der Waals surface area (Å²) >= 11 is 2.46. The smallest absolute Gasteiger partial charge is 0.324 e. The normalized spacial score (nSPS) is 16.7. The molecule has 12 heteroatoms. The number of alkyl halides is 3. The lowest BCUT2D eigenvalue weighted by atomic mass is 10.1. The average molecular weight is 480 g/mol. The first-order valence-corrected chi connectivity index (χ1v) is 11.2. The first kappa shape index (κ1) is 22.1. The number of aromatic amines is 1. The zero-order valence-electron chi connectivity index (χ0n) is 16.3. The van der Waals surface area contributed by atoms with E-state index in [1.165, 1.54) is 18.2 Å². The van der Waals surface area contributed by atoms with E-state index < -0.39 is 30.5 Å². The highest BCUT2D eigenvalue weighted by Crippen LogP contribution is 2.38. The van der Waals surface area contributed by atoms with E-state index in [9.17, 15) is 22.8 Å². The molecule has 0 saturated heterocycles. The van der Waals surface area contributed by atoms with Crippen molar-refractivity contribution in [3.63, 3.8) is 0 Å². The molecular formula is C20H16F3N5O2S2. The van der Waals surface area contributed by atoms with Gasteiger partial charge >= 0.3 is 6.18 Å². The summed E-state index contributed by atoms with van der Waals surface area (Å²) in [6, 6.07) is 7.50. The number of fused-ring (bicyclic) bond motifs is 1. The number of amides is 2. The topological polar surface area (TPSA) is 91.0 Å². The molecule has 1 aliphatic rings. The molecule has 166 valence electrons. The fourth-order valence-electron chi connectivity index (χ4n) is 3.14. The highest BCUT2D eigenvalue weighted by molar-refractivity contribution is 7.99. The zero-order valence-corrected chi connectivity index (χ0v) is 17.9. The van der Waals surface area contributed by atoms with Crippen LogP contribution in [0.1, 0.15) is 17.1 Å². The van der Waals surface area contributed by atoms with E-state index in [4.69, 9.17) is 0 Å². The number of rotatable bonds is 5. The number of nitrogens with one attached hydrogen (secondary N) is 2. The number of hydrogen-bond donors (Lipinski definition) is 2. The van der Waals surface area contributed by atoms with E-state index in [2.05, 4.69) is 20.5 Å². The molecule has 32 heavy (non-hydrogen) atoms. The third-order valence-corrected chi connectivity index (χ3v) is 6.20. The van der Waals surface area contributed by atoms with Crippen LogP contribution in [-0.2, 0) is 9.59 Å². The second kappa shape index (κ2) is 9.17. The Balaban J connectivity index is 1.51. The Bertz CT molecular complexity index is 1140. The van der Waals surface area contributed by atoms with Gasteiger partial charge in [0, 0.05) is 4.88 Å². The van der Waals surface area contributed by atoms with Gasteiger partial charge < -0.3 is 5.32 Å². The molecule has 7 nitrogen and oxygen atoms in total. The lowest BCUT2D eigenvalue weighted by Gasteiger charge is -2.31. The van der Waals surface area contributed by atoms with Crippen molar-refractivity contribution in [1.82, 2.24) is 15.2 Å². The average Bonchev–Trinajstić information content (AvgIpc) is 3.39. The Labute approximate surface area is 188 Å². The van der Waals surface area contributed by atoms with Gasteiger partial charge in [0.05, 0.1) is 23.5 Å². The lowest BCUT2D eigenvalue weighted by Crippen LogP contribution is -2.50. The molecule has 0 bridgehead atoms. The van der Waals surface area contributed by atoms with Crippen molar-refractivity contribution in [2.45, 2.75) is 23.8 Å². The van der Waals surface area contributed by atoms with E-state index in [1.807, 2.05) is 23.6 Å². The van der Waals surface area contributed by atoms with Crippen molar-refractivity contribution in [3.8, 4) is 0 Å². The summed E-state index contributed by atoms with van der Waals surface area (Å²) in [5.74, 6) is -1.49. The lowest BCUT2D eigenvalue weighted by molar-refractivity contribution is -0.157. The molecule has 0 aliphatic carbocycles. The number of anilines is 2. The van der Waals surface area contributed by atoms with Crippen LogP contribution in [0.3, 0.4) is 0 Å². The summed E-state index contributed by atoms with van der Waals surface area (Å²) in [5, 5.41) is 11.3. The molecule has 4 rings (SSSR count). The number of carbonyl (C=O) groups excluding carboxylic acids is 2. The number of H-pyrrole nitrogens is 1. The number of thiophene rings is 1. The van der Waals surface area contributed by atoms with E-state index >= 15 is 0 Å². The molecule has 2 N–H and O–H groups in total. The van der Waals surface area contributed by atoms with Crippen molar-refractivity contribution in [3.05, 3.63) is 52.5 Å². The van der Waals surface area contributed by atoms with Gasteiger partial charge in [0.15, 0.2) is 0 Å². The zero-order chi connectivity index (χ0) is 22.7. The van der Waals surface area contributed by atoms with Crippen molar-refractivity contribution in [2.75, 3.05) is 16.0 Å². The maximum absolute atomic E-state index is 13.8. The summed E-state index contributed by atoms with van der Waals surface area (Å²) in [5.41, 5.74) is 0.155. The molecular weight excluding hydrogens is 463 g/mol. The molecule has 3 heterocycles. The second-order valence-corrected chi connectivity index (χ2v) is 8.65. The number of hydrogen-bond acceptors (Lipinski definition) is 6. The van der Waals surface area contributed by atoms with Gasteiger partial charge in [-0.15, -0.1) is 16.4 Å². The standard InChI is InChI=1S/C20H16F3N5O2S2/c21-20(22,23)15-10-17(29)24-13-5-1-2-6-14(13)28(15)18(30)11-32-19-25-16(26-27-19)8-7-12-4-3-9-31-12/h1-9,15H,10-11H2,(H,24,29)(H,25,26,27)/b8-7+. The maximum atomic E-state index is 13.8. The molecule has 2 aromatic heterocycles.